The van der Waals surface area contributed by atoms with E-state index in [1.807, 2.05) is 48.2 Å². The van der Waals surface area contributed by atoms with Crippen molar-refractivity contribution < 1.29 is 9.53 Å². The van der Waals surface area contributed by atoms with Crippen LogP contribution in [-0.2, 0) is 11.3 Å². The van der Waals surface area contributed by atoms with Crippen molar-refractivity contribution in [1.29, 1.82) is 0 Å². The highest BCUT2D eigenvalue weighted by Gasteiger charge is 2.19. The molecule has 0 amide bonds. The van der Waals surface area contributed by atoms with Gasteiger partial charge < -0.3 is 14.4 Å². The molecule has 0 spiro atoms. The number of nitrogens with zero attached hydrogens (tertiary/aromatic N) is 4. The number of nitrogens with one attached hydrogen (secondary N) is 2. The molecule has 0 atom stereocenters. The number of carbonyl (C=O) groups is 1. The van der Waals surface area contributed by atoms with Gasteiger partial charge in [0, 0.05) is 29.0 Å². The van der Waals surface area contributed by atoms with Gasteiger partial charge in [0.15, 0.2) is 5.82 Å². The van der Waals surface area contributed by atoms with E-state index in [1.54, 1.807) is 12.3 Å². The van der Waals surface area contributed by atoms with Crippen molar-refractivity contribution in [2.75, 3.05) is 12.4 Å². The minimum Gasteiger partial charge on any atom is -0.465 e. The number of aryl methyl sites for hydroxylation is 1. The third kappa shape index (κ3) is 3.68. The number of hydrogen-bond donors (Lipinski definition) is 2. The minimum atomic E-state index is -0.349. The molecular formula is C18H18N6O2S. The zero-order valence-corrected chi connectivity index (χ0v) is 15.7. The maximum atomic E-state index is 11.8. The van der Waals surface area contributed by atoms with E-state index in [0.717, 1.165) is 28.1 Å². The van der Waals surface area contributed by atoms with Gasteiger partial charge in [-0.3, -0.25) is 9.67 Å². The van der Waals surface area contributed by atoms with Crippen LogP contribution in [0.3, 0.4) is 0 Å². The molecule has 2 N–H and O–H groups in total. The maximum Gasteiger partial charge on any atom is 0.337 e. The largest absolute Gasteiger partial charge is 0.465 e. The Balaban J connectivity index is 1.58. The summed E-state index contributed by atoms with van der Waals surface area (Å²) in [6.07, 6.45) is 5.68. The van der Waals surface area contributed by atoms with E-state index in [-0.39, 0.29) is 5.97 Å². The normalized spacial score (nSPS) is 13.1. The van der Waals surface area contributed by atoms with Crippen LogP contribution in [0.15, 0.2) is 53.8 Å². The summed E-state index contributed by atoms with van der Waals surface area (Å²) < 4.78 is 8.84. The maximum absolute atomic E-state index is 11.8. The predicted octanol–water partition coefficient (Wildman–Crippen LogP) is 3.09. The number of H-pyrrole nitrogens is 1. The van der Waals surface area contributed by atoms with Gasteiger partial charge in [-0.2, -0.15) is 5.10 Å². The lowest BCUT2D eigenvalue weighted by Crippen LogP contribution is -2.23. The van der Waals surface area contributed by atoms with E-state index in [4.69, 9.17) is 4.74 Å². The van der Waals surface area contributed by atoms with E-state index in [2.05, 4.69) is 24.8 Å². The van der Waals surface area contributed by atoms with Crippen LogP contribution in [0, 0.1) is 6.92 Å². The first-order valence-corrected chi connectivity index (χ1v) is 9.06. The van der Waals surface area contributed by atoms with Gasteiger partial charge in [0.1, 0.15) is 11.6 Å². The molecule has 1 aliphatic heterocycles. The Bertz CT molecular complexity index is 1010. The van der Waals surface area contributed by atoms with Gasteiger partial charge in [0.2, 0.25) is 0 Å². The Kier molecular flexibility index (Phi) is 4.59. The van der Waals surface area contributed by atoms with Gasteiger partial charge in [0.05, 0.1) is 25.4 Å². The van der Waals surface area contributed by atoms with Crippen LogP contribution in [0.2, 0.25) is 0 Å². The summed E-state index contributed by atoms with van der Waals surface area (Å²) in [7, 11) is 1.38. The standard InChI is InChI=1S/C18H18N6O2S/c1-12-8-15(22-21-12)20-17-11-23(10-16-19-6-7-24(16)17)27-14-5-3-4-13(9-14)18(25)26-2/h3-9,11H,10H2,1-2H3,(H2,20,21,22). The second-order valence-corrected chi connectivity index (χ2v) is 7.10. The number of hydrogen-bond acceptors (Lipinski definition) is 7. The van der Waals surface area contributed by atoms with E-state index < -0.39 is 0 Å². The summed E-state index contributed by atoms with van der Waals surface area (Å²) >= 11 is 1.52. The zero-order valence-electron chi connectivity index (χ0n) is 14.8. The van der Waals surface area contributed by atoms with Crippen LogP contribution in [0.25, 0.3) is 5.82 Å². The predicted molar refractivity (Wildman–Crippen MR) is 103 cm³/mol. The Labute approximate surface area is 160 Å². The zero-order chi connectivity index (χ0) is 18.8. The molecule has 138 valence electrons. The van der Waals surface area contributed by atoms with Crippen molar-refractivity contribution in [2.24, 2.45) is 0 Å². The summed E-state index contributed by atoms with van der Waals surface area (Å²) in [5.74, 6) is 2.14. The average molecular weight is 382 g/mol. The SMILES string of the molecule is COC(=O)c1cccc(SN2C=C(Nc3cc(C)[nH]n3)n3ccnc3C2)c1. The minimum absolute atomic E-state index is 0.349. The monoisotopic (exact) mass is 382 g/mol. The van der Waals surface area contributed by atoms with Crippen LogP contribution in [-0.4, -0.2) is 37.1 Å². The fourth-order valence-corrected chi connectivity index (χ4v) is 3.67. The third-order valence-electron chi connectivity index (χ3n) is 3.98. The molecule has 3 heterocycles. The topological polar surface area (TPSA) is 88.1 Å². The van der Waals surface area contributed by atoms with Gasteiger partial charge in [0.25, 0.3) is 0 Å². The fourth-order valence-electron chi connectivity index (χ4n) is 2.75. The fraction of sp³-hybridized carbons (Fsp3) is 0.167. The number of carbonyl (C=O) groups excluding carboxylic acids is 1. The molecule has 4 rings (SSSR count). The van der Waals surface area contributed by atoms with Crippen LogP contribution in [0.4, 0.5) is 5.82 Å². The van der Waals surface area contributed by atoms with Gasteiger partial charge in [-0.1, -0.05) is 6.07 Å². The van der Waals surface area contributed by atoms with E-state index in [0.29, 0.717) is 12.1 Å². The first-order valence-electron chi connectivity index (χ1n) is 8.29. The average Bonchev–Trinajstić information content (AvgIpc) is 3.30. The van der Waals surface area contributed by atoms with Crippen LogP contribution in [0.1, 0.15) is 21.9 Å². The van der Waals surface area contributed by atoms with E-state index in [9.17, 15) is 4.79 Å². The first kappa shape index (κ1) is 17.2. The number of fused-ring (bicyclic) bond motifs is 1. The number of rotatable bonds is 5. The first-order chi connectivity index (χ1) is 13.1. The Morgan fingerprint density at radius 3 is 3.04 bits per heavy atom. The molecular weight excluding hydrogens is 364 g/mol. The number of benzene rings is 1. The lowest BCUT2D eigenvalue weighted by molar-refractivity contribution is 0.0600. The summed E-state index contributed by atoms with van der Waals surface area (Å²) in [5.41, 5.74) is 1.50. The van der Waals surface area contributed by atoms with Gasteiger partial charge in [-0.15, -0.1) is 0 Å². The van der Waals surface area contributed by atoms with Crippen molar-refractivity contribution in [3.05, 3.63) is 66.0 Å². The third-order valence-corrected chi connectivity index (χ3v) is 4.91. The molecule has 1 aromatic carbocycles. The number of ether oxygens (including phenoxy) is 1. The molecule has 27 heavy (non-hydrogen) atoms. The van der Waals surface area contributed by atoms with Crippen molar-refractivity contribution in [3.63, 3.8) is 0 Å². The number of aromatic nitrogens is 4. The highest BCUT2D eigenvalue weighted by molar-refractivity contribution is 7.97. The quantitative estimate of drug-likeness (QED) is 0.518. The molecule has 0 aliphatic carbocycles. The summed E-state index contributed by atoms with van der Waals surface area (Å²) in [6.45, 7) is 2.58. The molecule has 8 nitrogen and oxygen atoms in total. The lowest BCUT2D eigenvalue weighted by atomic mass is 10.2. The summed E-state index contributed by atoms with van der Waals surface area (Å²) in [4.78, 5) is 17.1. The van der Waals surface area contributed by atoms with Crippen molar-refractivity contribution in [2.45, 2.75) is 18.4 Å². The van der Waals surface area contributed by atoms with E-state index in [1.165, 1.54) is 19.1 Å². The highest BCUT2D eigenvalue weighted by atomic mass is 32.2. The molecule has 0 radical (unpaired) electrons. The number of methoxy groups -OCH3 is 1. The van der Waals surface area contributed by atoms with Crippen LogP contribution < -0.4 is 5.32 Å². The molecule has 9 heteroatoms. The lowest BCUT2D eigenvalue weighted by Gasteiger charge is -2.26. The Morgan fingerprint density at radius 1 is 1.37 bits per heavy atom. The highest BCUT2D eigenvalue weighted by Crippen LogP contribution is 2.30. The van der Waals surface area contributed by atoms with Crippen molar-refractivity contribution in [1.82, 2.24) is 24.1 Å². The number of imidazole rings is 1. The molecule has 0 bridgehead atoms. The second kappa shape index (κ2) is 7.20. The Hall–Kier alpha value is -3.20. The molecule has 3 aromatic rings. The van der Waals surface area contributed by atoms with Crippen molar-refractivity contribution >= 4 is 29.6 Å². The number of anilines is 1. The molecule has 2 aromatic heterocycles. The summed E-state index contributed by atoms with van der Waals surface area (Å²) in [5, 5.41) is 10.5. The smallest absolute Gasteiger partial charge is 0.337 e. The molecule has 0 saturated heterocycles. The number of aromatic amines is 1. The van der Waals surface area contributed by atoms with Gasteiger partial charge >= 0.3 is 5.97 Å². The van der Waals surface area contributed by atoms with Crippen LogP contribution in [0.5, 0.6) is 0 Å². The van der Waals surface area contributed by atoms with Crippen LogP contribution >= 0.6 is 11.9 Å². The summed E-state index contributed by atoms with van der Waals surface area (Å²) in [6, 6.07) is 9.28. The number of esters is 1. The molecule has 1 aliphatic rings. The van der Waals surface area contributed by atoms with E-state index >= 15 is 0 Å². The van der Waals surface area contributed by atoms with Gasteiger partial charge in [-0.05, 0) is 37.1 Å². The molecule has 0 fully saturated rings. The second-order valence-electron chi connectivity index (χ2n) is 5.97. The Morgan fingerprint density at radius 2 is 2.26 bits per heavy atom. The molecule has 0 unspecified atom stereocenters. The van der Waals surface area contributed by atoms with Gasteiger partial charge in [-0.25, -0.2) is 9.78 Å². The van der Waals surface area contributed by atoms with Crippen molar-refractivity contribution in [3.8, 4) is 0 Å². The molecule has 0 saturated carbocycles.